The highest BCUT2D eigenvalue weighted by atomic mass is 32.2. The summed E-state index contributed by atoms with van der Waals surface area (Å²) in [5, 5.41) is 2.98. The number of hydrogen-bond acceptors (Lipinski definition) is 4. The van der Waals surface area contributed by atoms with Gasteiger partial charge in [0.05, 0.1) is 5.75 Å². The predicted octanol–water partition coefficient (Wildman–Crippen LogP) is 0.436. The molecule has 0 radical (unpaired) electrons. The van der Waals surface area contributed by atoms with Crippen molar-refractivity contribution in [2.24, 2.45) is 5.73 Å². The monoisotopic (exact) mass is 305 g/mol. The van der Waals surface area contributed by atoms with Crippen LogP contribution in [0.2, 0.25) is 0 Å². The molecule has 20 heavy (non-hydrogen) atoms. The summed E-state index contributed by atoms with van der Waals surface area (Å²) < 4.78 is 25.4. The maximum Gasteiger partial charge on any atom is 0.220 e. The van der Waals surface area contributed by atoms with Gasteiger partial charge in [0, 0.05) is 25.6 Å². The van der Waals surface area contributed by atoms with E-state index < -0.39 is 10.0 Å². The van der Waals surface area contributed by atoms with Crippen molar-refractivity contribution < 1.29 is 13.2 Å². The van der Waals surface area contributed by atoms with Gasteiger partial charge in [0.1, 0.15) is 0 Å². The quantitative estimate of drug-likeness (QED) is 0.636. The van der Waals surface area contributed by atoms with Gasteiger partial charge in [0.25, 0.3) is 0 Å². The molecule has 1 rings (SSSR count). The number of unbranched alkanes of at least 4 members (excludes halogenated alkanes) is 1. The van der Waals surface area contributed by atoms with Crippen LogP contribution in [0.4, 0.5) is 0 Å². The second-order valence-corrected chi connectivity index (χ2v) is 7.39. The van der Waals surface area contributed by atoms with Crippen LogP contribution in [0.1, 0.15) is 45.4 Å². The van der Waals surface area contributed by atoms with E-state index in [2.05, 4.69) is 5.32 Å². The molecule has 7 heteroatoms. The number of carbonyl (C=O) groups is 1. The topological polar surface area (TPSA) is 92.5 Å². The number of piperidine rings is 1. The molecule has 0 aromatic carbocycles. The van der Waals surface area contributed by atoms with Crippen molar-refractivity contribution in [2.75, 3.05) is 25.4 Å². The van der Waals surface area contributed by atoms with E-state index >= 15 is 0 Å². The zero-order chi connectivity index (χ0) is 15.0. The SMILES string of the molecule is CCCS(=O)(=O)N1CCC(NC(=O)CCCCN)CC1. The van der Waals surface area contributed by atoms with Gasteiger partial charge in [0.2, 0.25) is 15.9 Å². The molecule has 0 saturated carbocycles. The maximum absolute atomic E-state index is 11.9. The Morgan fingerprint density at radius 3 is 2.50 bits per heavy atom. The second-order valence-electron chi connectivity index (χ2n) is 5.30. The largest absolute Gasteiger partial charge is 0.353 e. The smallest absolute Gasteiger partial charge is 0.220 e. The molecular formula is C13H27N3O3S. The van der Waals surface area contributed by atoms with Gasteiger partial charge in [-0.15, -0.1) is 0 Å². The van der Waals surface area contributed by atoms with E-state index in [-0.39, 0.29) is 17.7 Å². The highest BCUT2D eigenvalue weighted by Gasteiger charge is 2.27. The molecule has 0 atom stereocenters. The lowest BCUT2D eigenvalue weighted by atomic mass is 10.1. The van der Waals surface area contributed by atoms with Crippen LogP contribution in [0, 0.1) is 0 Å². The number of nitrogens with zero attached hydrogens (tertiary/aromatic N) is 1. The molecule has 0 unspecified atom stereocenters. The van der Waals surface area contributed by atoms with Gasteiger partial charge < -0.3 is 11.1 Å². The Balaban J connectivity index is 2.30. The fourth-order valence-electron chi connectivity index (χ4n) is 2.40. The number of carbonyl (C=O) groups excluding carboxylic acids is 1. The Morgan fingerprint density at radius 1 is 1.30 bits per heavy atom. The highest BCUT2D eigenvalue weighted by Crippen LogP contribution is 2.15. The van der Waals surface area contributed by atoms with E-state index in [1.165, 1.54) is 0 Å². The van der Waals surface area contributed by atoms with Crippen LogP contribution in [-0.2, 0) is 14.8 Å². The lowest BCUT2D eigenvalue weighted by Gasteiger charge is -2.31. The van der Waals surface area contributed by atoms with E-state index in [0.717, 1.165) is 12.8 Å². The van der Waals surface area contributed by atoms with E-state index in [0.29, 0.717) is 45.3 Å². The van der Waals surface area contributed by atoms with Crippen molar-refractivity contribution in [1.82, 2.24) is 9.62 Å². The van der Waals surface area contributed by atoms with E-state index in [1.807, 2.05) is 6.92 Å². The van der Waals surface area contributed by atoms with Gasteiger partial charge in [-0.2, -0.15) is 0 Å². The molecule has 0 spiro atoms. The van der Waals surface area contributed by atoms with Crippen LogP contribution in [0.15, 0.2) is 0 Å². The summed E-state index contributed by atoms with van der Waals surface area (Å²) >= 11 is 0. The standard InChI is InChI=1S/C13H27N3O3S/c1-2-11-20(18,19)16-9-6-12(7-10-16)15-13(17)5-3-4-8-14/h12H,2-11,14H2,1H3,(H,15,17). The average Bonchev–Trinajstić information content (AvgIpc) is 2.39. The molecule has 1 heterocycles. The third-order valence-electron chi connectivity index (χ3n) is 3.53. The van der Waals surface area contributed by atoms with Gasteiger partial charge in [-0.1, -0.05) is 6.92 Å². The molecule has 6 nitrogen and oxygen atoms in total. The molecule has 1 fully saturated rings. The van der Waals surface area contributed by atoms with Crippen molar-refractivity contribution in [3.8, 4) is 0 Å². The molecule has 0 bridgehead atoms. The molecule has 0 aliphatic carbocycles. The minimum absolute atomic E-state index is 0.0494. The highest BCUT2D eigenvalue weighted by molar-refractivity contribution is 7.89. The van der Waals surface area contributed by atoms with Crippen LogP contribution < -0.4 is 11.1 Å². The van der Waals surface area contributed by atoms with Gasteiger partial charge in [-0.25, -0.2) is 12.7 Å². The van der Waals surface area contributed by atoms with Crippen LogP contribution >= 0.6 is 0 Å². The first-order valence-electron chi connectivity index (χ1n) is 7.47. The van der Waals surface area contributed by atoms with Crippen LogP contribution in [0.25, 0.3) is 0 Å². The minimum Gasteiger partial charge on any atom is -0.353 e. The second kappa shape index (κ2) is 8.59. The lowest BCUT2D eigenvalue weighted by molar-refractivity contribution is -0.122. The molecule has 0 aromatic rings. The first kappa shape index (κ1) is 17.4. The zero-order valence-electron chi connectivity index (χ0n) is 12.3. The third kappa shape index (κ3) is 5.76. The van der Waals surface area contributed by atoms with E-state index in [1.54, 1.807) is 4.31 Å². The Kier molecular flexibility index (Phi) is 7.47. The van der Waals surface area contributed by atoms with E-state index in [4.69, 9.17) is 5.73 Å². The Labute approximate surface area is 122 Å². The van der Waals surface area contributed by atoms with Crippen LogP contribution in [0.3, 0.4) is 0 Å². The van der Waals surface area contributed by atoms with Crippen molar-refractivity contribution >= 4 is 15.9 Å². The number of amides is 1. The first-order chi connectivity index (χ1) is 9.49. The molecule has 1 amide bonds. The van der Waals surface area contributed by atoms with Gasteiger partial charge in [-0.3, -0.25) is 4.79 Å². The minimum atomic E-state index is -3.10. The third-order valence-corrected chi connectivity index (χ3v) is 5.61. The maximum atomic E-state index is 11.9. The molecule has 1 saturated heterocycles. The summed E-state index contributed by atoms with van der Waals surface area (Å²) in [4.78, 5) is 11.7. The summed E-state index contributed by atoms with van der Waals surface area (Å²) in [5.41, 5.74) is 5.39. The number of nitrogens with two attached hydrogens (primary N) is 1. The number of hydrogen-bond donors (Lipinski definition) is 2. The summed E-state index contributed by atoms with van der Waals surface area (Å²) in [5.74, 6) is 0.261. The van der Waals surface area contributed by atoms with Crippen molar-refractivity contribution in [3.05, 3.63) is 0 Å². The van der Waals surface area contributed by atoms with Crippen molar-refractivity contribution in [2.45, 2.75) is 51.5 Å². The molecule has 1 aliphatic heterocycles. The number of rotatable bonds is 8. The summed E-state index contributed by atoms with van der Waals surface area (Å²) in [7, 11) is -3.10. The Morgan fingerprint density at radius 2 is 1.95 bits per heavy atom. The van der Waals surface area contributed by atoms with Crippen molar-refractivity contribution in [1.29, 1.82) is 0 Å². The summed E-state index contributed by atoms with van der Waals surface area (Å²) in [6, 6.07) is 0.105. The zero-order valence-corrected chi connectivity index (χ0v) is 13.1. The molecular weight excluding hydrogens is 278 g/mol. The Bertz CT molecular complexity index is 390. The van der Waals surface area contributed by atoms with Crippen LogP contribution in [0.5, 0.6) is 0 Å². The average molecular weight is 305 g/mol. The molecule has 118 valence electrons. The normalized spacial score (nSPS) is 18.1. The lowest BCUT2D eigenvalue weighted by Crippen LogP contribution is -2.47. The van der Waals surface area contributed by atoms with Crippen LogP contribution in [-0.4, -0.2) is 50.1 Å². The fourth-order valence-corrected chi connectivity index (χ4v) is 3.94. The van der Waals surface area contributed by atoms with Gasteiger partial charge in [-0.05, 0) is 38.6 Å². The van der Waals surface area contributed by atoms with Gasteiger partial charge in [0.15, 0.2) is 0 Å². The fraction of sp³-hybridized carbons (Fsp3) is 0.923. The Hall–Kier alpha value is -0.660. The number of sulfonamides is 1. The molecule has 1 aliphatic rings. The van der Waals surface area contributed by atoms with E-state index in [9.17, 15) is 13.2 Å². The predicted molar refractivity (Wildman–Crippen MR) is 79.7 cm³/mol. The first-order valence-corrected chi connectivity index (χ1v) is 9.07. The number of nitrogens with one attached hydrogen (secondary N) is 1. The summed E-state index contributed by atoms with van der Waals surface area (Å²) in [6.07, 6.45) is 4.22. The molecule has 3 N–H and O–H groups in total. The molecule has 0 aromatic heterocycles. The summed E-state index contributed by atoms with van der Waals surface area (Å²) in [6.45, 7) is 3.50. The van der Waals surface area contributed by atoms with Gasteiger partial charge >= 0.3 is 0 Å². The van der Waals surface area contributed by atoms with Crippen molar-refractivity contribution in [3.63, 3.8) is 0 Å².